The molecule has 0 aromatic heterocycles. The number of hydrogen-bond acceptors (Lipinski definition) is 3. The van der Waals surface area contributed by atoms with Crippen LogP contribution >= 0.6 is 11.6 Å². The molecule has 1 aliphatic heterocycles. The molecule has 1 aromatic rings. The van der Waals surface area contributed by atoms with Crippen molar-refractivity contribution in [3.63, 3.8) is 0 Å². The molecule has 19 heavy (non-hydrogen) atoms. The van der Waals surface area contributed by atoms with E-state index in [0.717, 1.165) is 19.4 Å². The third-order valence-corrected chi connectivity index (χ3v) is 3.68. The fourth-order valence-electron chi connectivity index (χ4n) is 2.27. The van der Waals surface area contributed by atoms with Crippen LogP contribution in [0.2, 0.25) is 5.02 Å². The lowest BCUT2D eigenvalue weighted by atomic mass is 10.1. The molecule has 1 N–H and O–H groups in total. The van der Waals surface area contributed by atoms with Gasteiger partial charge in [-0.15, -0.1) is 0 Å². The molecule has 1 aliphatic rings. The van der Waals surface area contributed by atoms with Crippen molar-refractivity contribution in [1.82, 2.24) is 4.90 Å². The number of aliphatic hydroxyl groups is 1. The summed E-state index contributed by atoms with van der Waals surface area (Å²) in [6.45, 7) is 1.65. The number of carbonyl (C=O) groups excluding carboxylic acids is 1. The van der Waals surface area contributed by atoms with E-state index in [1.807, 2.05) is 12.1 Å². The highest BCUT2D eigenvalue weighted by atomic mass is 35.5. The highest BCUT2D eigenvalue weighted by Crippen LogP contribution is 2.24. The SMILES string of the molecule is O=C(COc1ccccc1Cl)N1CCC(CCO)C1. The Morgan fingerprint density at radius 3 is 3.00 bits per heavy atom. The number of rotatable bonds is 5. The van der Waals surface area contributed by atoms with E-state index >= 15 is 0 Å². The second-order valence-corrected chi connectivity index (χ2v) is 5.13. The summed E-state index contributed by atoms with van der Waals surface area (Å²) in [5.74, 6) is 0.915. The van der Waals surface area contributed by atoms with Crippen LogP contribution in [0, 0.1) is 5.92 Å². The Balaban J connectivity index is 1.81. The van der Waals surface area contributed by atoms with Crippen molar-refractivity contribution in [2.75, 3.05) is 26.3 Å². The Morgan fingerprint density at radius 2 is 2.26 bits per heavy atom. The molecule has 0 saturated carbocycles. The molecule has 2 rings (SSSR count). The number of carbonyl (C=O) groups is 1. The summed E-state index contributed by atoms with van der Waals surface area (Å²) in [6, 6.07) is 7.11. The van der Waals surface area contributed by atoms with E-state index in [-0.39, 0.29) is 19.1 Å². The van der Waals surface area contributed by atoms with Crippen LogP contribution in [0.3, 0.4) is 0 Å². The third-order valence-electron chi connectivity index (χ3n) is 3.36. The van der Waals surface area contributed by atoms with E-state index in [0.29, 0.717) is 23.2 Å². The summed E-state index contributed by atoms with van der Waals surface area (Å²) in [7, 11) is 0. The monoisotopic (exact) mass is 283 g/mol. The van der Waals surface area contributed by atoms with Gasteiger partial charge in [0.05, 0.1) is 5.02 Å². The van der Waals surface area contributed by atoms with Crippen molar-refractivity contribution >= 4 is 17.5 Å². The highest BCUT2D eigenvalue weighted by molar-refractivity contribution is 6.32. The van der Waals surface area contributed by atoms with E-state index in [1.165, 1.54) is 0 Å². The Labute approximate surface area is 117 Å². The van der Waals surface area contributed by atoms with Crippen LogP contribution in [0.4, 0.5) is 0 Å². The lowest BCUT2D eigenvalue weighted by molar-refractivity contribution is -0.132. The molecule has 1 saturated heterocycles. The standard InChI is InChI=1S/C14H18ClNO3/c15-12-3-1-2-4-13(12)19-10-14(18)16-7-5-11(9-16)6-8-17/h1-4,11,17H,5-10H2. The van der Waals surface area contributed by atoms with E-state index in [1.54, 1.807) is 17.0 Å². The van der Waals surface area contributed by atoms with Crippen LogP contribution in [0.15, 0.2) is 24.3 Å². The van der Waals surface area contributed by atoms with Crippen LogP contribution in [0.5, 0.6) is 5.75 Å². The van der Waals surface area contributed by atoms with Crippen LogP contribution in [0.1, 0.15) is 12.8 Å². The van der Waals surface area contributed by atoms with Crippen molar-refractivity contribution in [3.05, 3.63) is 29.3 Å². The molecule has 4 nitrogen and oxygen atoms in total. The lowest BCUT2D eigenvalue weighted by Gasteiger charge is -2.17. The van der Waals surface area contributed by atoms with E-state index in [2.05, 4.69) is 0 Å². The number of benzene rings is 1. The average Bonchev–Trinajstić information content (AvgIpc) is 2.87. The number of para-hydroxylation sites is 1. The number of amides is 1. The van der Waals surface area contributed by atoms with Crippen molar-refractivity contribution in [2.45, 2.75) is 12.8 Å². The average molecular weight is 284 g/mol. The van der Waals surface area contributed by atoms with E-state index in [4.69, 9.17) is 21.4 Å². The fraction of sp³-hybridized carbons (Fsp3) is 0.500. The van der Waals surface area contributed by atoms with Crippen molar-refractivity contribution in [2.24, 2.45) is 5.92 Å². The quantitative estimate of drug-likeness (QED) is 0.899. The lowest BCUT2D eigenvalue weighted by Crippen LogP contribution is -2.33. The van der Waals surface area contributed by atoms with Crippen molar-refractivity contribution < 1.29 is 14.6 Å². The molecule has 1 amide bonds. The first-order valence-corrected chi connectivity index (χ1v) is 6.84. The second-order valence-electron chi connectivity index (χ2n) is 4.73. The molecule has 1 atom stereocenters. The Kier molecular flexibility index (Phi) is 5.05. The van der Waals surface area contributed by atoms with Crippen LogP contribution in [-0.2, 0) is 4.79 Å². The predicted octanol–water partition coefficient (Wildman–Crippen LogP) is 1.95. The predicted molar refractivity (Wildman–Crippen MR) is 73.3 cm³/mol. The van der Waals surface area contributed by atoms with Crippen molar-refractivity contribution in [1.29, 1.82) is 0 Å². The summed E-state index contributed by atoms with van der Waals surface area (Å²) in [6.07, 6.45) is 1.72. The first kappa shape index (κ1) is 14.2. The van der Waals surface area contributed by atoms with Crippen molar-refractivity contribution in [3.8, 4) is 5.75 Å². The number of hydrogen-bond donors (Lipinski definition) is 1. The number of halogens is 1. The van der Waals surface area contributed by atoms with Crippen LogP contribution in [0.25, 0.3) is 0 Å². The summed E-state index contributed by atoms with van der Waals surface area (Å²) in [4.78, 5) is 13.8. The second kappa shape index (κ2) is 6.78. The van der Waals surface area contributed by atoms with Gasteiger partial charge in [0.1, 0.15) is 5.75 Å². The Hall–Kier alpha value is -1.26. The minimum Gasteiger partial charge on any atom is -0.482 e. The maximum Gasteiger partial charge on any atom is 0.260 e. The summed E-state index contributed by atoms with van der Waals surface area (Å²) in [5.41, 5.74) is 0. The van der Waals surface area contributed by atoms with Gasteiger partial charge in [-0.2, -0.15) is 0 Å². The molecular formula is C14H18ClNO3. The first-order valence-electron chi connectivity index (χ1n) is 6.46. The molecule has 5 heteroatoms. The molecule has 1 heterocycles. The molecule has 104 valence electrons. The van der Waals surface area contributed by atoms with Gasteiger partial charge in [-0.05, 0) is 30.9 Å². The molecule has 0 aliphatic carbocycles. The maximum absolute atomic E-state index is 12.0. The Bertz CT molecular complexity index is 438. The van der Waals surface area contributed by atoms with Gasteiger partial charge in [0.2, 0.25) is 0 Å². The zero-order valence-electron chi connectivity index (χ0n) is 10.7. The van der Waals surface area contributed by atoms with Gasteiger partial charge in [0, 0.05) is 19.7 Å². The van der Waals surface area contributed by atoms with E-state index < -0.39 is 0 Å². The Morgan fingerprint density at radius 1 is 1.47 bits per heavy atom. The molecule has 0 spiro atoms. The minimum absolute atomic E-state index is 0.00950. The number of likely N-dealkylation sites (tertiary alicyclic amines) is 1. The summed E-state index contributed by atoms with van der Waals surface area (Å²) < 4.78 is 5.43. The molecule has 1 aromatic carbocycles. The van der Waals surface area contributed by atoms with Gasteiger partial charge in [-0.3, -0.25) is 4.79 Å². The first-order chi connectivity index (χ1) is 9.20. The molecular weight excluding hydrogens is 266 g/mol. The van der Waals surface area contributed by atoms with Gasteiger partial charge in [0.25, 0.3) is 5.91 Å². The zero-order chi connectivity index (χ0) is 13.7. The smallest absolute Gasteiger partial charge is 0.260 e. The number of aliphatic hydroxyl groups excluding tert-OH is 1. The topological polar surface area (TPSA) is 49.8 Å². The van der Waals surface area contributed by atoms with Gasteiger partial charge < -0.3 is 14.7 Å². The van der Waals surface area contributed by atoms with Gasteiger partial charge in [0.15, 0.2) is 6.61 Å². The normalized spacial score (nSPS) is 18.6. The van der Waals surface area contributed by atoms with E-state index in [9.17, 15) is 4.79 Å². The highest BCUT2D eigenvalue weighted by Gasteiger charge is 2.25. The summed E-state index contributed by atoms with van der Waals surface area (Å²) in [5, 5.41) is 9.40. The van der Waals surface area contributed by atoms with Crippen LogP contribution < -0.4 is 4.74 Å². The zero-order valence-corrected chi connectivity index (χ0v) is 11.5. The third kappa shape index (κ3) is 3.85. The summed E-state index contributed by atoms with van der Waals surface area (Å²) >= 11 is 5.95. The molecule has 0 radical (unpaired) electrons. The van der Waals surface area contributed by atoms with Gasteiger partial charge in [-0.25, -0.2) is 0 Å². The molecule has 1 unspecified atom stereocenters. The van der Waals surface area contributed by atoms with Gasteiger partial charge in [-0.1, -0.05) is 23.7 Å². The minimum atomic E-state index is -0.0274. The van der Waals surface area contributed by atoms with Crippen LogP contribution in [-0.4, -0.2) is 42.2 Å². The number of ether oxygens (including phenoxy) is 1. The fourth-order valence-corrected chi connectivity index (χ4v) is 2.46. The van der Waals surface area contributed by atoms with Gasteiger partial charge >= 0.3 is 0 Å². The molecule has 1 fully saturated rings. The maximum atomic E-state index is 12.0. The number of nitrogens with zero attached hydrogens (tertiary/aromatic N) is 1. The molecule has 0 bridgehead atoms. The largest absolute Gasteiger partial charge is 0.482 e.